The molecule has 1 aromatic heterocycles. The minimum atomic E-state index is -4.53. The molecule has 0 bridgehead atoms. The van der Waals surface area contributed by atoms with Crippen molar-refractivity contribution in [3.05, 3.63) is 29.6 Å². The average molecular weight is 286 g/mol. The molecule has 6 heteroatoms. The standard InChI is InChI=1S/C14H17F3N2O/c15-14(16,17)12-5-6-19-8-11(12)13(20)10-3-1-9(7-18)2-4-10/h5-6,8-10H,1-4,7,18H2. The second kappa shape index (κ2) is 5.91. The van der Waals surface area contributed by atoms with Gasteiger partial charge < -0.3 is 5.73 Å². The summed E-state index contributed by atoms with van der Waals surface area (Å²) in [5, 5.41) is 0. The van der Waals surface area contributed by atoms with Crippen LogP contribution in [-0.4, -0.2) is 17.3 Å². The van der Waals surface area contributed by atoms with Gasteiger partial charge in [0, 0.05) is 23.9 Å². The van der Waals surface area contributed by atoms with E-state index < -0.39 is 17.5 Å². The Labute approximate surface area is 115 Å². The Hall–Kier alpha value is -1.43. The zero-order valence-corrected chi connectivity index (χ0v) is 11.0. The molecule has 1 aromatic rings. The summed E-state index contributed by atoms with van der Waals surface area (Å²) in [5.74, 6) is -0.404. The molecule has 2 rings (SSSR count). The van der Waals surface area contributed by atoms with Crippen molar-refractivity contribution in [2.45, 2.75) is 31.9 Å². The van der Waals surface area contributed by atoms with Gasteiger partial charge in [-0.1, -0.05) is 0 Å². The van der Waals surface area contributed by atoms with Gasteiger partial charge in [-0.25, -0.2) is 0 Å². The fourth-order valence-electron chi connectivity index (χ4n) is 2.72. The molecule has 0 atom stereocenters. The number of Topliss-reactive ketones (excluding diaryl/α,β-unsaturated/α-hetero) is 1. The first-order valence-electron chi connectivity index (χ1n) is 6.69. The van der Waals surface area contributed by atoms with E-state index in [0.717, 1.165) is 31.3 Å². The maximum absolute atomic E-state index is 12.9. The molecule has 0 radical (unpaired) electrons. The van der Waals surface area contributed by atoms with Crippen LogP contribution in [-0.2, 0) is 6.18 Å². The first-order chi connectivity index (χ1) is 9.43. The summed E-state index contributed by atoms with van der Waals surface area (Å²) in [4.78, 5) is 16.0. The lowest BCUT2D eigenvalue weighted by atomic mass is 9.78. The second-order valence-corrected chi connectivity index (χ2v) is 5.24. The smallest absolute Gasteiger partial charge is 0.330 e. The lowest BCUT2D eigenvalue weighted by molar-refractivity contribution is -0.138. The summed E-state index contributed by atoms with van der Waals surface area (Å²) in [7, 11) is 0. The number of nitrogens with two attached hydrogens (primary N) is 1. The van der Waals surface area contributed by atoms with E-state index in [0.29, 0.717) is 25.3 Å². The van der Waals surface area contributed by atoms with Gasteiger partial charge in [-0.05, 0) is 44.2 Å². The Balaban J connectivity index is 2.18. The van der Waals surface area contributed by atoms with Crippen LogP contribution < -0.4 is 5.73 Å². The van der Waals surface area contributed by atoms with Crippen LogP contribution in [0.2, 0.25) is 0 Å². The number of carbonyl (C=O) groups is 1. The van der Waals surface area contributed by atoms with Crippen LogP contribution in [0.4, 0.5) is 13.2 Å². The Kier molecular flexibility index (Phi) is 4.42. The summed E-state index contributed by atoms with van der Waals surface area (Å²) in [5.41, 5.74) is 4.37. The summed E-state index contributed by atoms with van der Waals surface area (Å²) in [6.07, 6.45) is 0.371. The van der Waals surface area contributed by atoms with Crippen molar-refractivity contribution in [3.8, 4) is 0 Å². The number of hydrogen-bond acceptors (Lipinski definition) is 3. The number of rotatable bonds is 3. The van der Waals surface area contributed by atoms with E-state index in [1.54, 1.807) is 0 Å². The number of halogens is 3. The van der Waals surface area contributed by atoms with Crippen LogP contribution in [0.5, 0.6) is 0 Å². The highest BCUT2D eigenvalue weighted by Crippen LogP contribution is 2.35. The third-order valence-electron chi connectivity index (χ3n) is 3.94. The van der Waals surface area contributed by atoms with E-state index in [-0.39, 0.29) is 11.5 Å². The molecule has 3 nitrogen and oxygen atoms in total. The van der Waals surface area contributed by atoms with E-state index >= 15 is 0 Å². The third kappa shape index (κ3) is 3.17. The quantitative estimate of drug-likeness (QED) is 0.869. The van der Waals surface area contributed by atoms with Crippen LogP contribution in [0.1, 0.15) is 41.6 Å². The lowest BCUT2D eigenvalue weighted by Crippen LogP contribution is -2.27. The van der Waals surface area contributed by atoms with Gasteiger partial charge in [0.25, 0.3) is 0 Å². The maximum atomic E-state index is 12.9. The van der Waals surface area contributed by atoms with E-state index in [1.165, 1.54) is 0 Å². The molecule has 0 aromatic carbocycles. The van der Waals surface area contributed by atoms with Gasteiger partial charge in [-0.3, -0.25) is 9.78 Å². The minimum absolute atomic E-state index is 0.309. The summed E-state index contributed by atoms with van der Waals surface area (Å²) in [6.45, 7) is 0.571. The van der Waals surface area contributed by atoms with Crippen LogP contribution in [0.15, 0.2) is 18.5 Å². The van der Waals surface area contributed by atoms with E-state index in [2.05, 4.69) is 4.98 Å². The molecule has 0 spiro atoms. The van der Waals surface area contributed by atoms with Crippen molar-refractivity contribution in [2.24, 2.45) is 17.6 Å². The van der Waals surface area contributed by atoms with Gasteiger partial charge in [-0.2, -0.15) is 13.2 Å². The molecule has 0 saturated heterocycles. The molecule has 1 saturated carbocycles. The third-order valence-corrected chi connectivity index (χ3v) is 3.94. The second-order valence-electron chi connectivity index (χ2n) is 5.24. The minimum Gasteiger partial charge on any atom is -0.330 e. The number of alkyl halides is 3. The molecule has 0 unspecified atom stereocenters. The molecular weight excluding hydrogens is 269 g/mol. The molecule has 0 amide bonds. The summed E-state index contributed by atoms with van der Waals surface area (Å²) < 4.78 is 38.7. The Morgan fingerprint density at radius 3 is 2.50 bits per heavy atom. The van der Waals surface area contributed by atoms with Crippen molar-refractivity contribution < 1.29 is 18.0 Å². The zero-order chi connectivity index (χ0) is 14.8. The van der Waals surface area contributed by atoms with Gasteiger partial charge in [0.15, 0.2) is 5.78 Å². The number of ketones is 1. The molecule has 1 aliphatic rings. The molecule has 0 aliphatic heterocycles. The topological polar surface area (TPSA) is 56.0 Å². The van der Waals surface area contributed by atoms with Crippen molar-refractivity contribution in [1.29, 1.82) is 0 Å². The Bertz CT molecular complexity index is 480. The number of aromatic nitrogens is 1. The molecule has 1 heterocycles. The number of nitrogens with zero attached hydrogens (tertiary/aromatic N) is 1. The predicted molar refractivity (Wildman–Crippen MR) is 68.1 cm³/mol. The van der Waals surface area contributed by atoms with E-state index in [9.17, 15) is 18.0 Å². The summed E-state index contributed by atoms with van der Waals surface area (Å²) in [6, 6.07) is 0.860. The van der Waals surface area contributed by atoms with Crippen LogP contribution in [0, 0.1) is 11.8 Å². The lowest BCUT2D eigenvalue weighted by Gasteiger charge is -2.27. The van der Waals surface area contributed by atoms with Gasteiger partial charge >= 0.3 is 6.18 Å². The van der Waals surface area contributed by atoms with Crippen molar-refractivity contribution in [1.82, 2.24) is 4.98 Å². The zero-order valence-electron chi connectivity index (χ0n) is 11.0. The average Bonchev–Trinajstić information content (AvgIpc) is 2.46. The van der Waals surface area contributed by atoms with Crippen molar-refractivity contribution in [3.63, 3.8) is 0 Å². The molecular formula is C14H17F3N2O. The first-order valence-corrected chi connectivity index (χ1v) is 6.69. The molecule has 1 aliphatic carbocycles. The van der Waals surface area contributed by atoms with E-state index in [1.807, 2.05) is 0 Å². The van der Waals surface area contributed by atoms with Crippen LogP contribution >= 0.6 is 0 Å². The molecule has 20 heavy (non-hydrogen) atoms. The highest BCUT2D eigenvalue weighted by Gasteiger charge is 2.37. The fraction of sp³-hybridized carbons (Fsp3) is 0.571. The fourth-order valence-corrected chi connectivity index (χ4v) is 2.72. The number of pyridine rings is 1. The number of hydrogen-bond donors (Lipinski definition) is 1. The largest absolute Gasteiger partial charge is 0.417 e. The van der Waals surface area contributed by atoms with Crippen LogP contribution in [0.25, 0.3) is 0 Å². The van der Waals surface area contributed by atoms with E-state index in [4.69, 9.17) is 5.73 Å². The highest BCUT2D eigenvalue weighted by molar-refractivity contribution is 5.99. The van der Waals surface area contributed by atoms with Crippen LogP contribution in [0.3, 0.4) is 0 Å². The summed E-state index contributed by atoms with van der Waals surface area (Å²) >= 11 is 0. The van der Waals surface area contributed by atoms with Gasteiger partial charge in [-0.15, -0.1) is 0 Å². The van der Waals surface area contributed by atoms with Gasteiger partial charge in [0.05, 0.1) is 5.56 Å². The predicted octanol–water partition coefficient (Wildman–Crippen LogP) is 3.05. The normalized spacial score (nSPS) is 23.6. The monoisotopic (exact) mass is 286 g/mol. The van der Waals surface area contributed by atoms with Crippen molar-refractivity contribution in [2.75, 3.05) is 6.54 Å². The Morgan fingerprint density at radius 1 is 1.30 bits per heavy atom. The van der Waals surface area contributed by atoms with Gasteiger partial charge in [0.2, 0.25) is 0 Å². The van der Waals surface area contributed by atoms with Crippen molar-refractivity contribution >= 4 is 5.78 Å². The molecule has 1 fully saturated rings. The highest BCUT2D eigenvalue weighted by atomic mass is 19.4. The Morgan fingerprint density at radius 2 is 1.95 bits per heavy atom. The SMILES string of the molecule is NCC1CCC(C(=O)c2cnccc2C(F)(F)F)CC1. The van der Waals surface area contributed by atoms with Gasteiger partial charge in [0.1, 0.15) is 0 Å². The molecule has 2 N–H and O–H groups in total. The number of carbonyl (C=O) groups excluding carboxylic acids is 1. The molecule has 110 valence electrons. The first kappa shape index (κ1) is 15.0. The maximum Gasteiger partial charge on any atom is 0.417 e.